The van der Waals surface area contributed by atoms with E-state index in [4.69, 9.17) is 20.9 Å². The molecule has 0 aliphatic carbocycles. The molecule has 1 aliphatic rings. The van der Waals surface area contributed by atoms with Gasteiger partial charge < -0.3 is 19.2 Å². The Hall–Kier alpha value is -2.63. The van der Waals surface area contributed by atoms with Crippen molar-refractivity contribution in [1.29, 1.82) is 0 Å². The predicted octanol–water partition coefficient (Wildman–Crippen LogP) is 4.16. The maximum atomic E-state index is 13.9. The van der Waals surface area contributed by atoms with Crippen molar-refractivity contribution in [2.45, 2.75) is 12.5 Å². The standard InChI is InChI=1S/C23H21ClNO5P/c24-18-6-8-19(9-7-18)30-20-10-12-21(13-11-20)31(28)25(16-23(26)27)22(14-15-29-31)17-4-2-1-3-5-17/h1-13,22H,14-16H2,(H,26,27)/p-1. The number of aliphatic carboxylic acids is 1. The molecule has 0 saturated carbocycles. The van der Waals surface area contributed by atoms with Crippen molar-refractivity contribution in [3.63, 3.8) is 0 Å². The van der Waals surface area contributed by atoms with Gasteiger partial charge in [-0.25, -0.2) is 4.67 Å². The lowest BCUT2D eigenvalue weighted by Gasteiger charge is -2.41. The number of halogens is 1. The highest BCUT2D eigenvalue weighted by atomic mass is 35.5. The number of benzene rings is 3. The normalized spacial score (nSPS) is 21.5. The molecule has 160 valence electrons. The fourth-order valence-corrected chi connectivity index (χ4v) is 6.12. The van der Waals surface area contributed by atoms with E-state index < -0.39 is 20.0 Å². The van der Waals surface area contributed by atoms with Crippen LogP contribution in [0.15, 0.2) is 78.9 Å². The molecule has 0 N–H and O–H groups in total. The van der Waals surface area contributed by atoms with Gasteiger partial charge in [0.1, 0.15) is 11.5 Å². The van der Waals surface area contributed by atoms with Crippen LogP contribution in [-0.2, 0) is 13.9 Å². The second-order valence-corrected chi connectivity index (χ2v) is 9.85. The Bertz CT molecular complexity index is 1090. The van der Waals surface area contributed by atoms with E-state index in [0.29, 0.717) is 28.2 Å². The Morgan fingerprint density at radius 2 is 1.65 bits per heavy atom. The van der Waals surface area contributed by atoms with Crippen molar-refractivity contribution in [3.8, 4) is 11.5 Å². The van der Waals surface area contributed by atoms with Crippen molar-refractivity contribution >= 4 is 30.4 Å². The molecule has 0 radical (unpaired) electrons. The lowest BCUT2D eigenvalue weighted by atomic mass is 10.0. The van der Waals surface area contributed by atoms with Crippen LogP contribution in [0.3, 0.4) is 0 Å². The number of carboxylic acid groups (broad SMARTS) is 1. The topological polar surface area (TPSA) is 78.9 Å². The fourth-order valence-electron chi connectivity index (χ4n) is 3.61. The summed E-state index contributed by atoms with van der Waals surface area (Å²) in [5.41, 5.74) is 0.884. The van der Waals surface area contributed by atoms with Gasteiger partial charge in [-0.05, 0) is 60.5 Å². The van der Waals surface area contributed by atoms with Gasteiger partial charge >= 0.3 is 7.52 Å². The first-order chi connectivity index (χ1) is 15.0. The number of hydrogen-bond acceptors (Lipinski definition) is 5. The number of carbonyl (C=O) groups is 1. The molecular weight excluding hydrogens is 437 g/mol. The zero-order valence-electron chi connectivity index (χ0n) is 16.5. The van der Waals surface area contributed by atoms with Gasteiger partial charge in [-0.2, -0.15) is 0 Å². The van der Waals surface area contributed by atoms with E-state index in [1.807, 2.05) is 30.3 Å². The highest BCUT2D eigenvalue weighted by Gasteiger charge is 2.42. The van der Waals surface area contributed by atoms with E-state index in [1.165, 1.54) is 4.67 Å². The molecular formula is C23H20ClNO5P-. The molecule has 0 spiro atoms. The Morgan fingerprint density at radius 3 is 2.26 bits per heavy atom. The van der Waals surface area contributed by atoms with Gasteiger partial charge in [-0.1, -0.05) is 41.9 Å². The summed E-state index contributed by atoms with van der Waals surface area (Å²) < 4.78 is 26.9. The summed E-state index contributed by atoms with van der Waals surface area (Å²) in [5.74, 6) is -0.157. The third kappa shape index (κ3) is 4.83. The van der Waals surface area contributed by atoms with Crippen molar-refractivity contribution < 1.29 is 23.7 Å². The quantitative estimate of drug-likeness (QED) is 0.518. The van der Waals surface area contributed by atoms with Gasteiger partial charge in [0.25, 0.3) is 0 Å². The maximum absolute atomic E-state index is 13.9. The van der Waals surface area contributed by atoms with Crippen molar-refractivity contribution in [2.24, 2.45) is 0 Å². The number of hydrogen-bond donors (Lipinski definition) is 0. The monoisotopic (exact) mass is 456 g/mol. The van der Waals surface area contributed by atoms with Gasteiger partial charge in [0.15, 0.2) is 0 Å². The van der Waals surface area contributed by atoms with Crippen LogP contribution < -0.4 is 15.1 Å². The smallest absolute Gasteiger partial charge is 0.303 e. The average Bonchev–Trinajstić information content (AvgIpc) is 2.78. The molecule has 0 amide bonds. The first-order valence-electron chi connectivity index (χ1n) is 9.76. The van der Waals surface area contributed by atoms with E-state index >= 15 is 0 Å². The molecule has 6 nitrogen and oxygen atoms in total. The van der Waals surface area contributed by atoms with Crippen molar-refractivity contribution in [2.75, 3.05) is 13.2 Å². The summed E-state index contributed by atoms with van der Waals surface area (Å²) in [6, 6.07) is 22.6. The molecule has 1 heterocycles. The molecule has 8 heteroatoms. The largest absolute Gasteiger partial charge is 0.549 e. The van der Waals surface area contributed by atoms with E-state index in [9.17, 15) is 14.5 Å². The summed E-state index contributed by atoms with van der Waals surface area (Å²) in [6.45, 7) is -0.247. The van der Waals surface area contributed by atoms with E-state index in [1.54, 1.807) is 48.5 Å². The zero-order chi connectivity index (χ0) is 21.8. The highest BCUT2D eigenvalue weighted by Crippen LogP contribution is 2.57. The molecule has 3 aromatic carbocycles. The van der Waals surface area contributed by atoms with Gasteiger partial charge in [0.2, 0.25) is 0 Å². The molecule has 31 heavy (non-hydrogen) atoms. The van der Waals surface area contributed by atoms with Crippen molar-refractivity contribution in [3.05, 3.63) is 89.4 Å². The van der Waals surface area contributed by atoms with E-state index in [2.05, 4.69) is 0 Å². The second-order valence-electron chi connectivity index (χ2n) is 7.09. The van der Waals surface area contributed by atoms with Crippen LogP contribution in [0.5, 0.6) is 11.5 Å². The first-order valence-corrected chi connectivity index (χ1v) is 11.7. The van der Waals surface area contributed by atoms with Crippen LogP contribution in [0.25, 0.3) is 0 Å². The minimum atomic E-state index is -3.62. The number of carboxylic acids is 1. The summed E-state index contributed by atoms with van der Waals surface area (Å²) in [7, 11) is -3.62. The molecule has 1 fully saturated rings. The van der Waals surface area contributed by atoms with Crippen LogP contribution in [0.4, 0.5) is 0 Å². The van der Waals surface area contributed by atoms with Crippen LogP contribution >= 0.6 is 19.1 Å². The molecule has 0 bridgehead atoms. The molecule has 1 aliphatic heterocycles. The summed E-state index contributed by atoms with van der Waals surface area (Å²) in [6.07, 6.45) is 0.527. The molecule has 2 unspecified atom stereocenters. The molecule has 4 rings (SSSR count). The summed E-state index contributed by atoms with van der Waals surface area (Å²) in [4.78, 5) is 11.5. The number of rotatable bonds is 6. The minimum Gasteiger partial charge on any atom is -0.549 e. The second kappa shape index (κ2) is 9.25. The molecule has 2 atom stereocenters. The van der Waals surface area contributed by atoms with Crippen LogP contribution in [0, 0.1) is 0 Å². The number of nitrogens with zero attached hydrogens (tertiary/aromatic N) is 1. The number of ether oxygens (including phenoxy) is 1. The Balaban J connectivity index is 1.63. The molecule has 0 aromatic heterocycles. The third-order valence-electron chi connectivity index (χ3n) is 5.04. The van der Waals surface area contributed by atoms with Gasteiger partial charge in [-0.15, -0.1) is 0 Å². The number of carbonyl (C=O) groups excluding carboxylic acids is 1. The Kier molecular flexibility index (Phi) is 6.44. The Morgan fingerprint density at radius 1 is 1.03 bits per heavy atom. The SMILES string of the molecule is O=C([O-])CN1C(c2ccccc2)CCOP1(=O)c1ccc(Oc2ccc(Cl)cc2)cc1. The maximum Gasteiger partial charge on any atom is 0.303 e. The van der Waals surface area contributed by atoms with E-state index in [0.717, 1.165) is 5.56 Å². The molecule has 1 saturated heterocycles. The van der Waals surface area contributed by atoms with Crippen molar-refractivity contribution in [1.82, 2.24) is 4.67 Å². The fraction of sp³-hybridized carbons (Fsp3) is 0.174. The van der Waals surface area contributed by atoms with Gasteiger partial charge in [0, 0.05) is 17.6 Å². The van der Waals surface area contributed by atoms with Gasteiger partial charge in [0.05, 0.1) is 17.9 Å². The average molecular weight is 457 g/mol. The predicted molar refractivity (Wildman–Crippen MR) is 117 cm³/mol. The molecule has 3 aromatic rings. The summed E-state index contributed by atoms with van der Waals surface area (Å²) >= 11 is 5.89. The third-order valence-corrected chi connectivity index (χ3v) is 7.88. The van der Waals surface area contributed by atoms with Gasteiger partial charge in [-0.3, -0.25) is 4.57 Å². The van der Waals surface area contributed by atoms with E-state index in [-0.39, 0.29) is 12.6 Å². The zero-order valence-corrected chi connectivity index (χ0v) is 18.2. The highest BCUT2D eigenvalue weighted by molar-refractivity contribution is 7.64. The Labute approximate surface area is 185 Å². The van der Waals surface area contributed by atoms with Crippen LogP contribution in [0.1, 0.15) is 18.0 Å². The lowest BCUT2D eigenvalue weighted by Crippen LogP contribution is -2.43. The minimum absolute atomic E-state index is 0.253. The lowest BCUT2D eigenvalue weighted by molar-refractivity contribution is -0.305. The van der Waals surface area contributed by atoms with Crippen LogP contribution in [0.2, 0.25) is 5.02 Å². The first kappa shape index (κ1) is 21.6. The van der Waals surface area contributed by atoms with Crippen LogP contribution in [-0.4, -0.2) is 23.8 Å². The summed E-state index contributed by atoms with van der Waals surface area (Å²) in [5, 5.41) is 12.5.